The molecule has 0 spiro atoms. The Morgan fingerprint density at radius 3 is 2.67 bits per heavy atom. The molecule has 3 rings (SSSR count). The molecule has 1 saturated heterocycles. The van der Waals surface area contributed by atoms with Crippen molar-refractivity contribution >= 4 is 0 Å². The molecule has 1 aromatic carbocycles. The van der Waals surface area contributed by atoms with Crippen LogP contribution in [0.1, 0.15) is 43.7 Å². The van der Waals surface area contributed by atoms with Crippen molar-refractivity contribution in [2.75, 3.05) is 13.1 Å². The molecular weight excluding hydrogens is 220 g/mol. The first-order valence-electron chi connectivity index (χ1n) is 7.41. The van der Waals surface area contributed by atoms with Crippen LogP contribution in [-0.4, -0.2) is 24.0 Å². The van der Waals surface area contributed by atoms with E-state index < -0.39 is 0 Å². The first-order valence-corrected chi connectivity index (χ1v) is 7.41. The van der Waals surface area contributed by atoms with Gasteiger partial charge in [0.15, 0.2) is 0 Å². The zero-order chi connectivity index (χ0) is 12.4. The predicted molar refractivity (Wildman–Crippen MR) is 75.3 cm³/mol. The topological polar surface area (TPSA) is 29.3 Å². The minimum Gasteiger partial charge on any atom is -0.329 e. The Labute approximate surface area is 110 Å². The van der Waals surface area contributed by atoms with Gasteiger partial charge in [-0.25, -0.2) is 0 Å². The molecule has 3 unspecified atom stereocenters. The molecule has 0 aromatic heterocycles. The molecule has 2 aliphatic rings. The van der Waals surface area contributed by atoms with Crippen LogP contribution in [0.25, 0.3) is 0 Å². The summed E-state index contributed by atoms with van der Waals surface area (Å²) in [6.07, 6.45) is 7.05. The molecule has 18 heavy (non-hydrogen) atoms. The fourth-order valence-electron chi connectivity index (χ4n) is 3.97. The Balaban J connectivity index is 1.80. The summed E-state index contributed by atoms with van der Waals surface area (Å²) in [6.45, 7) is 1.99. The van der Waals surface area contributed by atoms with Gasteiger partial charge in [0.25, 0.3) is 0 Å². The third-order valence-electron chi connectivity index (χ3n) is 4.86. The van der Waals surface area contributed by atoms with Gasteiger partial charge < -0.3 is 5.73 Å². The summed E-state index contributed by atoms with van der Waals surface area (Å²) < 4.78 is 0. The van der Waals surface area contributed by atoms with Gasteiger partial charge in [0.2, 0.25) is 0 Å². The van der Waals surface area contributed by atoms with Gasteiger partial charge in [-0.15, -0.1) is 0 Å². The second-order valence-corrected chi connectivity index (χ2v) is 5.80. The third-order valence-corrected chi connectivity index (χ3v) is 4.86. The summed E-state index contributed by atoms with van der Waals surface area (Å²) in [6, 6.07) is 12.0. The molecule has 0 radical (unpaired) electrons. The van der Waals surface area contributed by atoms with E-state index in [-0.39, 0.29) is 0 Å². The first-order chi connectivity index (χ1) is 8.90. The van der Waals surface area contributed by atoms with Crippen molar-refractivity contribution < 1.29 is 0 Å². The quantitative estimate of drug-likeness (QED) is 0.885. The lowest BCUT2D eigenvalue weighted by Crippen LogP contribution is -2.40. The van der Waals surface area contributed by atoms with Crippen LogP contribution in [0.2, 0.25) is 0 Å². The molecule has 1 aliphatic carbocycles. The van der Waals surface area contributed by atoms with Crippen LogP contribution in [0.4, 0.5) is 0 Å². The second-order valence-electron chi connectivity index (χ2n) is 5.80. The van der Waals surface area contributed by atoms with Crippen molar-refractivity contribution in [1.82, 2.24) is 4.90 Å². The maximum atomic E-state index is 6.06. The smallest absolute Gasteiger partial charge is 0.0473 e. The lowest BCUT2D eigenvalue weighted by atomic mass is 9.84. The molecule has 1 saturated carbocycles. The summed E-state index contributed by atoms with van der Waals surface area (Å²) in [7, 11) is 0. The van der Waals surface area contributed by atoms with Crippen LogP contribution in [0.15, 0.2) is 30.3 Å². The summed E-state index contributed by atoms with van der Waals surface area (Å²) in [5, 5.41) is 0. The van der Waals surface area contributed by atoms with Crippen LogP contribution in [0, 0.1) is 5.92 Å². The minimum absolute atomic E-state index is 0.430. The number of rotatable bonds is 3. The number of hydrogen-bond donors (Lipinski definition) is 1. The largest absolute Gasteiger partial charge is 0.329 e. The number of likely N-dealkylation sites (tertiary alicyclic amines) is 1. The molecule has 0 bridgehead atoms. The number of fused-ring (bicyclic) bond motifs is 1. The summed E-state index contributed by atoms with van der Waals surface area (Å²) in [4.78, 5) is 2.69. The van der Waals surface area contributed by atoms with Crippen molar-refractivity contribution in [3.05, 3.63) is 35.9 Å². The van der Waals surface area contributed by atoms with Crippen molar-refractivity contribution in [2.24, 2.45) is 11.7 Å². The molecule has 1 aromatic rings. The van der Waals surface area contributed by atoms with Gasteiger partial charge in [-0.05, 0) is 37.3 Å². The lowest BCUT2D eigenvalue weighted by Gasteiger charge is -2.37. The van der Waals surface area contributed by atoms with E-state index in [9.17, 15) is 0 Å². The van der Waals surface area contributed by atoms with Crippen molar-refractivity contribution in [3.8, 4) is 0 Å². The number of nitrogens with two attached hydrogens (primary N) is 1. The highest BCUT2D eigenvalue weighted by molar-refractivity contribution is 5.20. The zero-order valence-corrected chi connectivity index (χ0v) is 11.1. The first kappa shape index (κ1) is 12.2. The van der Waals surface area contributed by atoms with Crippen LogP contribution < -0.4 is 5.73 Å². The lowest BCUT2D eigenvalue weighted by molar-refractivity contribution is 0.135. The number of hydrogen-bond acceptors (Lipinski definition) is 2. The molecule has 2 heteroatoms. The van der Waals surface area contributed by atoms with Crippen molar-refractivity contribution in [2.45, 2.75) is 44.2 Å². The van der Waals surface area contributed by atoms with E-state index in [1.165, 1.54) is 44.2 Å². The Morgan fingerprint density at radius 2 is 1.89 bits per heavy atom. The number of benzene rings is 1. The fourth-order valence-corrected chi connectivity index (χ4v) is 3.97. The average Bonchev–Trinajstić information content (AvgIpc) is 2.85. The van der Waals surface area contributed by atoms with Crippen LogP contribution in [0.3, 0.4) is 0 Å². The maximum absolute atomic E-state index is 6.06. The van der Waals surface area contributed by atoms with E-state index >= 15 is 0 Å². The van der Waals surface area contributed by atoms with Gasteiger partial charge >= 0.3 is 0 Å². The number of nitrogens with zero attached hydrogens (tertiary/aromatic N) is 1. The molecule has 3 atom stereocenters. The molecule has 1 heterocycles. The molecule has 2 fully saturated rings. The SMILES string of the molecule is NCC(c1ccccc1)N1CCC2CCCCC21. The summed E-state index contributed by atoms with van der Waals surface area (Å²) in [5.41, 5.74) is 7.46. The highest BCUT2D eigenvalue weighted by atomic mass is 15.2. The van der Waals surface area contributed by atoms with E-state index in [1.807, 2.05) is 0 Å². The molecule has 0 amide bonds. The van der Waals surface area contributed by atoms with Crippen LogP contribution >= 0.6 is 0 Å². The maximum Gasteiger partial charge on any atom is 0.0473 e. The van der Waals surface area contributed by atoms with Gasteiger partial charge in [0.05, 0.1) is 0 Å². The molecule has 98 valence electrons. The van der Waals surface area contributed by atoms with E-state index in [2.05, 4.69) is 35.2 Å². The minimum atomic E-state index is 0.430. The highest BCUT2D eigenvalue weighted by Gasteiger charge is 2.38. The normalized spacial score (nSPS) is 30.1. The predicted octanol–water partition coefficient (Wildman–Crippen LogP) is 2.95. The van der Waals surface area contributed by atoms with Gasteiger partial charge in [-0.1, -0.05) is 43.2 Å². The molecule has 1 aliphatic heterocycles. The van der Waals surface area contributed by atoms with Crippen molar-refractivity contribution in [1.29, 1.82) is 0 Å². The Kier molecular flexibility index (Phi) is 3.67. The highest BCUT2D eigenvalue weighted by Crippen LogP contribution is 2.40. The average molecular weight is 244 g/mol. The summed E-state index contributed by atoms with van der Waals surface area (Å²) >= 11 is 0. The van der Waals surface area contributed by atoms with Gasteiger partial charge in [-0.3, -0.25) is 4.90 Å². The van der Waals surface area contributed by atoms with Gasteiger partial charge in [-0.2, -0.15) is 0 Å². The second kappa shape index (κ2) is 5.41. The fraction of sp³-hybridized carbons (Fsp3) is 0.625. The molecular formula is C16H24N2. The van der Waals surface area contributed by atoms with E-state index in [1.54, 1.807) is 0 Å². The zero-order valence-electron chi connectivity index (χ0n) is 11.1. The summed E-state index contributed by atoms with van der Waals surface area (Å²) in [5.74, 6) is 0.941. The monoisotopic (exact) mass is 244 g/mol. The third kappa shape index (κ3) is 2.19. The van der Waals surface area contributed by atoms with E-state index in [0.717, 1.165) is 18.5 Å². The van der Waals surface area contributed by atoms with Crippen LogP contribution in [-0.2, 0) is 0 Å². The van der Waals surface area contributed by atoms with E-state index in [0.29, 0.717) is 6.04 Å². The molecule has 2 nitrogen and oxygen atoms in total. The molecule has 2 N–H and O–H groups in total. The Bertz CT molecular complexity index is 376. The van der Waals surface area contributed by atoms with Gasteiger partial charge in [0.1, 0.15) is 0 Å². The Hall–Kier alpha value is -0.860. The van der Waals surface area contributed by atoms with Crippen LogP contribution in [0.5, 0.6) is 0 Å². The standard InChI is InChI=1S/C16H24N2/c17-12-16(13-6-2-1-3-7-13)18-11-10-14-8-4-5-9-15(14)18/h1-3,6-7,14-16H,4-5,8-12,17H2. The van der Waals surface area contributed by atoms with E-state index in [4.69, 9.17) is 5.73 Å². The Morgan fingerprint density at radius 1 is 1.11 bits per heavy atom. The van der Waals surface area contributed by atoms with Gasteiger partial charge in [0, 0.05) is 18.6 Å². The van der Waals surface area contributed by atoms with Crippen molar-refractivity contribution in [3.63, 3.8) is 0 Å².